The monoisotopic (exact) mass is 294 g/mol. The Morgan fingerprint density at radius 3 is 2.75 bits per heavy atom. The summed E-state index contributed by atoms with van der Waals surface area (Å²) in [5, 5.41) is 1.67. The molecule has 1 heterocycles. The van der Waals surface area contributed by atoms with Crippen molar-refractivity contribution in [2.24, 2.45) is 5.84 Å². The number of nitrogens with one attached hydrogen (secondary N) is 1. The van der Waals surface area contributed by atoms with Gasteiger partial charge in [-0.2, -0.15) is 0 Å². The number of nitrogens with two attached hydrogens (primary N) is 1. The van der Waals surface area contributed by atoms with Crippen molar-refractivity contribution in [3.63, 3.8) is 0 Å². The number of fused-ring (bicyclic) bond motifs is 1. The summed E-state index contributed by atoms with van der Waals surface area (Å²) in [4.78, 5) is 0. The minimum atomic E-state index is 0.0556. The van der Waals surface area contributed by atoms with Crippen molar-refractivity contribution in [1.29, 1.82) is 0 Å². The molecule has 0 fully saturated rings. The smallest absolute Gasteiger partial charge is 0.152 e. The lowest BCUT2D eigenvalue weighted by molar-refractivity contribution is 0.402. The summed E-state index contributed by atoms with van der Waals surface area (Å²) >= 11 is 6.13. The minimum Gasteiger partial charge on any atom is -0.458 e. The number of furan rings is 1. The topological polar surface area (TPSA) is 51.2 Å². The van der Waals surface area contributed by atoms with Crippen molar-refractivity contribution in [3.05, 3.63) is 35.0 Å². The highest BCUT2D eigenvalue weighted by molar-refractivity contribution is 6.34. The maximum absolute atomic E-state index is 6.13. The standard InChI is InChI=1S/C16H23ClN2O/c1-2-3-4-5-6-10-14(19-18)15-11-12-8-7-9-13(17)16(12)20-15/h7-9,11,14,19H,2-6,10,18H2,1H3. The molecule has 0 amide bonds. The van der Waals surface area contributed by atoms with E-state index in [1.54, 1.807) is 0 Å². The summed E-state index contributed by atoms with van der Waals surface area (Å²) in [6.45, 7) is 2.22. The van der Waals surface area contributed by atoms with E-state index in [0.717, 1.165) is 29.6 Å². The Kier molecular flexibility index (Phi) is 5.89. The Morgan fingerprint density at radius 2 is 2.05 bits per heavy atom. The van der Waals surface area contributed by atoms with Gasteiger partial charge >= 0.3 is 0 Å². The van der Waals surface area contributed by atoms with Gasteiger partial charge in [-0.1, -0.05) is 62.8 Å². The second kappa shape index (κ2) is 7.67. The second-order valence-corrected chi connectivity index (χ2v) is 5.64. The van der Waals surface area contributed by atoms with Crippen LogP contribution < -0.4 is 11.3 Å². The molecule has 0 aliphatic heterocycles. The highest BCUT2D eigenvalue weighted by atomic mass is 35.5. The Balaban J connectivity index is 2.00. The fourth-order valence-electron chi connectivity index (χ4n) is 2.48. The van der Waals surface area contributed by atoms with Gasteiger partial charge in [-0.25, -0.2) is 5.43 Å². The number of halogens is 1. The van der Waals surface area contributed by atoms with Crippen LogP contribution in [0, 0.1) is 0 Å². The zero-order valence-electron chi connectivity index (χ0n) is 12.0. The van der Waals surface area contributed by atoms with Gasteiger partial charge in [-0.15, -0.1) is 0 Å². The fraction of sp³-hybridized carbons (Fsp3) is 0.500. The van der Waals surface area contributed by atoms with Crippen LogP contribution in [0.4, 0.5) is 0 Å². The Morgan fingerprint density at radius 1 is 1.25 bits per heavy atom. The van der Waals surface area contributed by atoms with Gasteiger partial charge in [0.1, 0.15) is 5.76 Å². The molecular formula is C16H23ClN2O. The van der Waals surface area contributed by atoms with Crippen LogP contribution in [0.15, 0.2) is 28.7 Å². The first-order chi connectivity index (χ1) is 9.76. The molecule has 0 bridgehead atoms. The summed E-state index contributed by atoms with van der Waals surface area (Å²) < 4.78 is 5.86. The molecule has 4 heteroatoms. The fourth-order valence-corrected chi connectivity index (χ4v) is 2.70. The number of hydrogen-bond acceptors (Lipinski definition) is 3. The van der Waals surface area contributed by atoms with Crippen LogP contribution in [0.5, 0.6) is 0 Å². The van der Waals surface area contributed by atoms with E-state index < -0.39 is 0 Å². The largest absolute Gasteiger partial charge is 0.458 e. The molecule has 1 unspecified atom stereocenters. The van der Waals surface area contributed by atoms with Gasteiger partial charge in [-0.05, 0) is 18.6 Å². The van der Waals surface area contributed by atoms with Crippen molar-refractivity contribution in [2.45, 2.75) is 51.5 Å². The normalized spacial score (nSPS) is 12.9. The van der Waals surface area contributed by atoms with Crippen molar-refractivity contribution in [2.75, 3.05) is 0 Å². The zero-order valence-corrected chi connectivity index (χ0v) is 12.7. The van der Waals surface area contributed by atoms with E-state index >= 15 is 0 Å². The Bertz CT molecular complexity index is 538. The first-order valence-corrected chi connectivity index (χ1v) is 7.78. The summed E-state index contributed by atoms with van der Waals surface area (Å²) in [6.07, 6.45) is 7.24. The van der Waals surface area contributed by atoms with Gasteiger partial charge in [0.05, 0.1) is 11.1 Å². The van der Waals surface area contributed by atoms with Gasteiger partial charge in [0.25, 0.3) is 0 Å². The number of benzene rings is 1. The van der Waals surface area contributed by atoms with Gasteiger partial charge in [0.2, 0.25) is 0 Å². The number of unbranched alkanes of at least 4 members (excludes halogenated alkanes) is 4. The molecule has 110 valence electrons. The summed E-state index contributed by atoms with van der Waals surface area (Å²) in [5.74, 6) is 6.53. The molecule has 20 heavy (non-hydrogen) atoms. The van der Waals surface area contributed by atoms with Crippen LogP contribution in [0.3, 0.4) is 0 Å². The number of rotatable bonds is 8. The van der Waals surface area contributed by atoms with E-state index in [4.69, 9.17) is 21.9 Å². The maximum atomic E-state index is 6.13. The van der Waals surface area contributed by atoms with Gasteiger partial charge < -0.3 is 4.42 Å². The molecule has 0 radical (unpaired) electrons. The lowest BCUT2D eigenvalue weighted by atomic mass is 10.0. The number of para-hydroxylation sites is 1. The van der Waals surface area contributed by atoms with Gasteiger partial charge in [0, 0.05) is 5.39 Å². The third-order valence-corrected chi connectivity index (χ3v) is 3.95. The molecule has 0 aliphatic carbocycles. The molecule has 1 atom stereocenters. The number of hydrogen-bond donors (Lipinski definition) is 2. The quantitative estimate of drug-likeness (QED) is 0.411. The van der Waals surface area contributed by atoms with E-state index in [1.807, 2.05) is 24.3 Å². The molecule has 3 N–H and O–H groups in total. The highest BCUT2D eigenvalue weighted by Gasteiger charge is 2.15. The minimum absolute atomic E-state index is 0.0556. The van der Waals surface area contributed by atoms with E-state index in [0.29, 0.717) is 5.02 Å². The average Bonchev–Trinajstić information content (AvgIpc) is 2.88. The van der Waals surface area contributed by atoms with E-state index in [1.165, 1.54) is 25.7 Å². The highest BCUT2D eigenvalue weighted by Crippen LogP contribution is 2.30. The molecule has 0 spiro atoms. The molecule has 2 aromatic rings. The van der Waals surface area contributed by atoms with Crippen molar-refractivity contribution >= 4 is 22.6 Å². The Hall–Kier alpha value is -1.03. The molecule has 0 aliphatic rings. The molecule has 1 aromatic heterocycles. The lowest BCUT2D eigenvalue weighted by Crippen LogP contribution is -2.27. The van der Waals surface area contributed by atoms with Crippen LogP contribution in [0.1, 0.15) is 57.3 Å². The van der Waals surface area contributed by atoms with Crippen LogP contribution >= 0.6 is 11.6 Å². The van der Waals surface area contributed by atoms with E-state index in [2.05, 4.69) is 12.3 Å². The SMILES string of the molecule is CCCCCCCC(NN)c1cc2cccc(Cl)c2o1. The molecule has 1 aromatic carbocycles. The second-order valence-electron chi connectivity index (χ2n) is 5.23. The maximum Gasteiger partial charge on any atom is 0.152 e. The van der Waals surface area contributed by atoms with Crippen molar-refractivity contribution in [1.82, 2.24) is 5.43 Å². The third kappa shape index (κ3) is 3.75. The van der Waals surface area contributed by atoms with Crippen LogP contribution in [-0.2, 0) is 0 Å². The summed E-state index contributed by atoms with van der Waals surface area (Å²) in [6, 6.07) is 7.85. The zero-order chi connectivity index (χ0) is 14.4. The predicted molar refractivity (Wildman–Crippen MR) is 84.7 cm³/mol. The van der Waals surface area contributed by atoms with Crippen molar-refractivity contribution < 1.29 is 4.42 Å². The molecule has 0 saturated heterocycles. The van der Waals surface area contributed by atoms with Gasteiger partial charge in [-0.3, -0.25) is 5.84 Å². The van der Waals surface area contributed by atoms with Crippen LogP contribution in [0.25, 0.3) is 11.0 Å². The molecule has 3 nitrogen and oxygen atoms in total. The molecule has 2 rings (SSSR count). The van der Waals surface area contributed by atoms with Crippen LogP contribution in [-0.4, -0.2) is 0 Å². The molecular weight excluding hydrogens is 272 g/mol. The van der Waals surface area contributed by atoms with Crippen LogP contribution in [0.2, 0.25) is 5.02 Å². The number of hydrazine groups is 1. The van der Waals surface area contributed by atoms with Gasteiger partial charge in [0.15, 0.2) is 5.58 Å². The first kappa shape index (κ1) is 15.4. The van der Waals surface area contributed by atoms with E-state index in [-0.39, 0.29) is 6.04 Å². The first-order valence-electron chi connectivity index (χ1n) is 7.40. The third-order valence-electron chi connectivity index (χ3n) is 3.66. The Labute approximate surface area is 125 Å². The van der Waals surface area contributed by atoms with E-state index in [9.17, 15) is 0 Å². The van der Waals surface area contributed by atoms with Crippen molar-refractivity contribution in [3.8, 4) is 0 Å². The predicted octanol–water partition coefficient (Wildman–Crippen LogP) is 4.95. The summed E-state index contributed by atoms with van der Waals surface area (Å²) in [5.41, 5.74) is 3.60. The average molecular weight is 295 g/mol. The lowest BCUT2D eigenvalue weighted by Gasteiger charge is -2.12. The molecule has 0 saturated carbocycles. The summed E-state index contributed by atoms with van der Waals surface area (Å²) in [7, 11) is 0.